The molecular weight excluding hydrogens is 234 g/mol. The van der Waals surface area contributed by atoms with Crippen LogP contribution in [0, 0.1) is 0 Å². The molecule has 98 valence electrons. The molecule has 0 saturated heterocycles. The molecule has 1 aromatic heterocycles. The van der Waals surface area contributed by atoms with Crippen molar-refractivity contribution in [1.82, 2.24) is 10.3 Å². The van der Waals surface area contributed by atoms with Crippen LogP contribution in [0.4, 0.5) is 0 Å². The van der Waals surface area contributed by atoms with Crippen LogP contribution in [0.5, 0.6) is 0 Å². The summed E-state index contributed by atoms with van der Waals surface area (Å²) in [5, 5.41) is 11.2. The molecule has 0 saturated carbocycles. The van der Waals surface area contributed by atoms with Gasteiger partial charge in [-0.05, 0) is 25.5 Å². The maximum Gasteiger partial charge on any atom is 0.303 e. The van der Waals surface area contributed by atoms with E-state index >= 15 is 0 Å². The summed E-state index contributed by atoms with van der Waals surface area (Å²) in [5.74, 6) is -1.33. The molecule has 2 atom stereocenters. The summed E-state index contributed by atoms with van der Waals surface area (Å²) < 4.78 is 0. The molecule has 18 heavy (non-hydrogen) atoms. The highest BCUT2D eigenvalue weighted by atomic mass is 16.4. The molecule has 6 nitrogen and oxygen atoms in total. The van der Waals surface area contributed by atoms with Crippen LogP contribution in [0.1, 0.15) is 31.5 Å². The number of amides is 1. The van der Waals surface area contributed by atoms with E-state index in [1.807, 2.05) is 6.07 Å². The first-order valence-electron chi connectivity index (χ1n) is 5.69. The lowest BCUT2D eigenvalue weighted by molar-refractivity contribution is -0.137. The van der Waals surface area contributed by atoms with Crippen LogP contribution in [0.3, 0.4) is 0 Å². The van der Waals surface area contributed by atoms with Gasteiger partial charge >= 0.3 is 5.97 Å². The summed E-state index contributed by atoms with van der Waals surface area (Å²) in [7, 11) is 0. The van der Waals surface area contributed by atoms with E-state index in [0.29, 0.717) is 0 Å². The van der Waals surface area contributed by atoms with Crippen molar-refractivity contribution in [1.29, 1.82) is 0 Å². The summed E-state index contributed by atoms with van der Waals surface area (Å²) in [4.78, 5) is 26.2. The van der Waals surface area contributed by atoms with Gasteiger partial charge in [-0.25, -0.2) is 0 Å². The zero-order valence-corrected chi connectivity index (χ0v) is 10.2. The zero-order chi connectivity index (χ0) is 13.5. The Bertz CT molecular complexity index is 408. The van der Waals surface area contributed by atoms with Gasteiger partial charge in [0.2, 0.25) is 5.91 Å². The second-order valence-electron chi connectivity index (χ2n) is 4.02. The van der Waals surface area contributed by atoms with E-state index in [4.69, 9.17) is 10.8 Å². The zero-order valence-electron chi connectivity index (χ0n) is 10.2. The number of carboxylic acids is 1. The summed E-state index contributed by atoms with van der Waals surface area (Å²) in [6.07, 6.45) is 1.64. The fraction of sp³-hybridized carbons (Fsp3) is 0.417. The third-order valence-electron chi connectivity index (χ3n) is 2.50. The van der Waals surface area contributed by atoms with E-state index < -0.39 is 12.0 Å². The molecule has 1 rings (SSSR count). The average Bonchev–Trinajstić information content (AvgIpc) is 2.36. The fourth-order valence-electron chi connectivity index (χ4n) is 1.44. The molecule has 6 heteroatoms. The highest BCUT2D eigenvalue weighted by Gasteiger charge is 2.17. The van der Waals surface area contributed by atoms with Crippen molar-refractivity contribution >= 4 is 11.9 Å². The number of carbonyl (C=O) groups excluding carboxylic acids is 1. The number of aromatic nitrogens is 1. The molecule has 0 fully saturated rings. The van der Waals surface area contributed by atoms with E-state index in [0.717, 1.165) is 5.69 Å². The molecule has 1 unspecified atom stereocenters. The summed E-state index contributed by atoms with van der Waals surface area (Å²) in [5.41, 5.74) is 6.33. The minimum absolute atomic E-state index is 0.118. The van der Waals surface area contributed by atoms with E-state index in [1.54, 1.807) is 25.3 Å². The van der Waals surface area contributed by atoms with Crippen molar-refractivity contribution in [2.24, 2.45) is 5.73 Å². The van der Waals surface area contributed by atoms with Gasteiger partial charge in [0.25, 0.3) is 0 Å². The minimum Gasteiger partial charge on any atom is -0.481 e. The van der Waals surface area contributed by atoms with E-state index in [9.17, 15) is 9.59 Å². The fourth-order valence-corrected chi connectivity index (χ4v) is 1.44. The summed E-state index contributed by atoms with van der Waals surface area (Å²) in [6, 6.07) is 4.35. The number of nitrogens with one attached hydrogen (secondary N) is 1. The minimum atomic E-state index is -0.962. The van der Waals surface area contributed by atoms with Gasteiger partial charge in [0.05, 0.1) is 17.8 Å². The van der Waals surface area contributed by atoms with Crippen molar-refractivity contribution in [2.45, 2.75) is 31.8 Å². The number of hydrogen-bond acceptors (Lipinski definition) is 4. The van der Waals surface area contributed by atoms with Crippen LogP contribution in [-0.4, -0.2) is 28.0 Å². The Morgan fingerprint density at radius 3 is 2.78 bits per heavy atom. The van der Waals surface area contributed by atoms with Gasteiger partial charge in [-0.1, -0.05) is 6.07 Å². The number of hydrogen-bond donors (Lipinski definition) is 3. The molecule has 0 spiro atoms. The van der Waals surface area contributed by atoms with Gasteiger partial charge in [0, 0.05) is 12.6 Å². The van der Waals surface area contributed by atoms with Crippen molar-refractivity contribution in [2.75, 3.05) is 0 Å². The lowest BCUT2D eigenvalue weighted by Gasteiger charge is -2.16. The third-order valence-corrected chi connectivity index (χ3v) is 2.50. The van der Waals surface area contributed by atoms with Crippen LogP contribution in [0.2, 0.25) is 0 Å². The van der Waals surface area contributed by atoms with Gasteiger partial charge < -0.3 is 16.2 Å². The molecule has 4 N–H and O–H groups in total. The largest absolute Gasteiger partial charge is 0.481 e. The van der Waals surface area contributed by atoms with Crippen LogP contribution in [0.25, 0.3) is 0 Å². The maximum atomic E-state index is 11.7. The first-order valence-corrected chi connectivity index (χ1v) is 5.69. The number of nitrogens with two attached hydrogens (primary N) is 1. The Kier molecular flexibility index (Phi) is 5.26. The van der Waals surface area contributed by atoms with E-state index in [1.165, 1.54) is 0 Å². The predicted octanol–water partition coefficient (Wildman–Crippen LogP) is 0.451. The molecule has 0 bridgehead atoms. The third kappa shape index (κ3) is 4.50. The molecule has 1 amide bonds. The van der Waals surface area contributed by atoms with Crippen molar-refractivity contribution in [3.63, 3.8) is 0 Å². The van der Waals surface area contributed by atoms with Crippen molar-refractivity contribution < 1.29 is 14.7 Å². The van der Waals surface area contributed by atoms with E-state index in [2.05, 4.69) is 10.3 Å². The molecular formula is C12H17N3O3. The SMILES string of the molecule is C[C@H](NC(=O)C(N)CCC(=O)O)c1ccccn1. The topological polar surface area (TPSA) is 105 Å². The quantitative estimate of drug-likeness (QED) is 0.680. The first-order chi connectivity index (χ1) is 8.50. The smallest absolute Gasteiger partial charge is 0.303 e. The van der Waals surface area contributed by atoms with Gasteiger partial charge in [0.15, 0.2) is 0 Å². The summed E-state index contributed by atoms with van der Waals surface area (Å²) >= 11 is 0. The van der Waals surface area contributed by atoms with Crippen LogP contribution in [0.15, 0.2) is 24.4 Å². The van der Waals surface area contributed by atoms with E-state index in [-0.39, 0.29) is 24.8 Å². The molecule has 0 aromatic carbocycles. The number of nitrogens with zero attached hydrogens (tertiary/aromatic N) is 1. The molecule has 0 radical (unpaired) electrons. The Morgan fingerprint density at radius 1 is 1.50 bits per heavy atom. The number of aliphatic carboxylic acids is 1. The molecule has 0 aliphatic rings. The van der Waals surface area contributed by atoms with Gasteiger partial charge in [-0.15, -0.1) is 0 Å². The Morgan fingerprint density at radius 2 is 2.22 bits per heavy atom. The van der Waals surface area contributed by atoms with Gasteiger partial charge in [-0.3, -0.25) is 14.6 Å². The van der Waals surface area contributed by atoms with Crippen molar-refractivity contribution in [3.05, 3.63) is 30.1 Å². The Balaban J connectivity index is 2.46. The van der Waals surface area contributed by atoms with Crippen LogP contribution < -0.4 is 11.1 Å². The monoisotopic (exact) mass is 251 g/mol. The molecule has 1 aromatic rings. The predicted molar refractivity (Wildman–Crippen MR) is 65.6 cm³/mol. The number of rotatable bonds is 6. The van der Waals surface area contributed by atoms with Gasteiger partial charge in [-0.2, -0.15) is 0 Å². The normalized spacial score (nSPS) is 13.7. The number of carboxylic acid groups (broad SMARTS) is 1. The maximum absolute atomic E-state index is 11.7. The summed E-state index contributed by atoms with van der Waals surface area (Å²) in [6.45, 7) is 1.80. The highest BCUT2D eigenvalue weighted by Crippen LogP contribution is 2.08. The average molecular weight is 251 g/mol. The van der Waals surface area contributed by atoms with Crippen LogP contribution >= 0.6 is 0 Å². The first kappa shape index (κ1) is 14.1. The molecule has 1 heterocycles. The molecule has 0 aliphatic heterocycles. The highest BCUT2D eigenvalue weighted by molar-refractivity contribution is 5.82. The Hall–Kier alpha value is -1.95. The van der Waals surface area contributed by atoms with Crippen LogP contribution in [-0.2, 0) is 9.59 Å². The van der Waals surface area contributed by atoms with Crippen molar-refractivity contribution in [3.8, 4) is 0 Å². The standard InChI is InChI=1S/C12H17N3O3/c1-8(10-4-2-3-7-14-10)15-12(18)9(13)5-6-11(16)17/h2-4,7-9H,5-6,13H2,1H3,(H,15,18)(H,16,17)/t8-,9?/m0/s1. The number of pyridine rings is 1. The lowest BCUT2D eigenvalue weighted by Crippen LogP contribution is -2.42. The number of carbonyl (C=O) groups is 2. The van der Waals surface area contributed by atoms with Gasteiger partial charge in [0.1, 0.15) is 0 Å². The molecule has 0 aliphatic carbocycles. The second-order valence-corrected chi connectivity index (χ2v) is 4.02. The lowest BCUT2D eigenvalue weighted by atomic mass is 10.1. The Labute approximate surface area is 105 Å². The second kappa shape index (κ2) is 6.70.